The molecule has 1 aromatic carbocycles. The number of hydrogen-bond donors (Lipinski definition) is 1. The van der Waals surface area contributed by atoms with E-state index in [2.05, 4.69) is 55.3 Å². The molecule has 1 aromatic heterocycles. The zero-order chi connectivity index (χ0) is 16.1. The van der Waals surface area contributed by atoms with E-state index in [4.69, 9.17) is 0 Å². The van der Waals surface area contributed by atoms with E-state index in [-0.39, 0.29) is 5.91 Å². The van der Waals surface area contributed by atoms with Gasteiger partial charge in [-0.3, -0.25) is 4.79 Å². The predicted octanol–water partition coefficient (Wildman–Crippen LogP) is 4.41. The number of amides is 1. The first-order valence-corrected chi connectivity index (χ1v) is 9.22. The molecule has 1 N–H and O–H groups in total. The van der Waals surface area contributed by atoms with Crippen LogP contribution in [-0.2, 0) is 0 Å². The van der Waals surface area contributed by atoms with Crippen molar-refractivity contribution in [2.45, 2.75) is 38.5 Å². The molecule has 0 unspecified atom stereocenters. The molecular weight excluding hydrogens is 312 g/mol. The maximum Gasteiger partial charge on any atom is 0.263 e. The van der Waals surface area contributed by atoms with Crippen molar-refractivity contribution < 1.29 is 4.79 Å². The van der Waals surface area contributed by atoms with Gasteiger partial charge in [0.05, 0.1) is 10.7 Å². The Hall–Kier alpha value is -1.33. The van der Waals surface area contributed by atoms with E-state index in [9.17, 15) is 4.79 Å². The van der Waals surface area contributed by atoms with Crippen molar-refractivity contribution in [2.24, 2.45) is 0 Å². The quantitative estimate of drug-likeness (QED) is 0.628. The summed E-state index contributed by atoms with van der Waals surface area (Å²) in [6, 6.07) is 8.44. The van der Waals surface area contributed by atoms with Crippen molar-refractivity contribution >= 4 is 29.0 Å². The fraction of sp³-hybridized carbons (Fsp3) is 0.412. The number of rotatable bonds is 6. The molecule has 0 aliphatic carbocycles. The number of carbonyl (C=O) groups excluding carboxylic acids is 1. The van der Waals surface area contributed by atoms with Crippen LogP contribution < -0.4 is 5.32 Å². The summed E-state index contributed by atoms with van der Waals surface area (Å²) in [6.45, 7) is 8.83. The maximum absolute atomic E-state index is 12.2. The van der Waals surface area contributed by atoms with Gasteiger partial charge in [0.1, 0.15) is 4.88 Å². The van der Waals surface area contributed by atoms with Gasteiger partial charge in [0.25, 0.3) is 5.91 Å². The lowest BCUT2D eigenvalue weighted by Crippen LogP contribution is -2.25. The molecule has 5 heteroatoms. The fourth-order valence-corrected chi connectivity index (χ4v) is 3.68. The van der Waals surface area contributed by atoms with E-state index >= 15 is 0 Å². The summed E-state index contributed by atoms with van der Waals surface area (Å²) in [5.41, 5.74) is 2.09. The average molecular weight is 335 g/mol. The molecule has 0 saturated heterocycles. The van der Waals surface area contributed by atoms with Crippen LogP contribution in [0.4, 0.5) is 0 Å². The molecule has 1 amide bonds. The van der Waals surface area contributed by atoms with E-state index in [1.165, 1.54) is 21.8 Å². The minimum Gasteiger partial charge on any atom is -0.350 e. The van der Waals surface area contributed by atoms with Gasteiger partial charge >= 0.3 is 0 Å². The standard InChI is InChI=1S/C17H22N2OS2/c1-11(2)17-19-13(4)15(22-17)16(20)18-9-10-21-14-7-5-12(3)6-8-14/h5-8,11H,9-10H2,1-4H3,(H,18,20). The molecule has 22 heavy (non-hydrogen) atoms. The Labute approximate surface area is 140 Å². The molecule has 3 nitrogen and oxygen atoms in total. The van der Waals surface area contributed by atoms with E-state index in [1.54, 1.807) is 11.8 Å². The lowest BCUT2D eigenvalue weighted by molar-refractivity contribution is 0.0959. The van der Waals surface area contributed by atoms with Gasteiger partial charge < -0.3 is 5.32 Å². The van der Waals surface area contributed by atoms with E-state index < -0.39 is 0 Å². The van der Waals surface area contributed by atoms with Crippen molar-refractivity contribution in [3.05, 3.63) is 45.4 Å². The second-order valence-corrected chi connectivity index (χ2v) is 7.74. The predicted molar refractivity (Wildman–Crippen MR) is 95.2 cm³/mol. The van der Waals surface area contributed by atoms with Crippen LogP contribution in [0.2, 0.25) is 0 Å². The number of aromatic nitrogens is 1. The summed E-state index contributed by atoms with van der Waals surface area (Å²) in [6.07, 6.45) is 0. The van der Waals surface area contributed by atoms with Gasteiger partial charge in [-0.2, -0.15) is 0 Å². The highest BCUT2D eigenvalue weighted by Gasteiger charge is 2.16. The number of nitrogens with zero attached hydrogens (tertiary/aromatic N) is 1. The number of benzene rings is 1. The molecule has 0 atom stereocenters. The van der Waals surface area contributed by atoms with Gasteiger partial charge in [-0.15, -0.1) is 23.1 Å². The van der Waals surface area contributed by atoms with Crippen LogP contribution in [0.1, 0.15) is 45.7 Å². The van der Waals surface area contributed by atoms with Crippen molar-refractivity contribution in [1.82, 2.24) is 10.3 Å². The van der Waals surface area contributed by atoms with Gasteiger partial charge in [0, 0.05) is 23.1 Å². The van der Waals surface area contributed by atoms with Gasteiger partial charge in [0.2, 0.25) is 0 Å². The third-order valence-electron chi connectivity index (χ3n) is 3.19. The van der Waals surface area contributed by atoms with Gasteiger partial charge in [0.15, 0.2) is 0 Å². The van der Waals surface area contributed by atoms with Crippen molar-refractivity contribution in [1.29, 1.82) is 0 Å². The highest BCUT2D eigenvalue weighted by Crippen LogP contribution is 2.24. The first kappa shape index (κ1) is 17.0. The third-order valence-corrected chi connectivity index (χ3v) is 5.66. The second-order valence-electron chi connectivity index (χ2n) is 5.54. The molecule has 0 spiro atoms. The number of thioether (sulfide) groups is 1. The fourth-order valence-electron chi connectivity index (χ4n) is 1.92. The largest absolute Gasteiger partial charge is 0.350 e. The second kappa shape index (κ2) is 7.79. The molecule has 2 aromatic rings. The molecule has 0 saturated carbocycles. The lowest BCUT2D eigenvalue weighted by Gasteiger charge is -2.04. The highest BCUT2D eigenvalue weighted by atomic mass is 32.2. The Bertz CT molecular complexity index is 633. The minimum absolute atomic E-state index is 0.00796. The van der Waals surface area contributed by atoms with Gasteiger partial charge in [-0.1, -0.05) is 31.5 Å². The number of carbonyl (C=O) groups is 1. The smallest absolute Gasteiger partial charge is 0.263 e. The third kappa shape index (κ3) is 4.58. The zero-order valence-electron chi connectivity index (χ0n) is 13.5. The maximum atomic E-state index is 12.2. The topological polar surface area (TPSA) is 42.0 Å². The van der Waals surface area contributed by atoms with Crippen LogP contribution >= 0.6 is 23.1 Å². The van der Waals surface area contributed by atoms with Crippen LogP contribution in [0, 0.1) is 13.8 Å². The van der Waals surface area contributed by atoms with Crippen molar-refractivity contribution in [3.8, 4) is 0 Å². The monoisotopic (exact) mass is 334 g/mol. The number of hydrogen-bond acceptors (Lipinski definition) is 4. The Balaban J connectivity index is 1.81. The average Bonchev–Trinajstić information content (AvgIpc) is 2.87. The molecule has 118 valence electrons. The molecular formula is C17H22N2OS2. The van der Waals surface area contributed by atoms with Crippen molar-refractivity contribution in [3.63, 3.8) is 0 Å². The Kier molecular flexibility index (Phi) is 6.03. The SMILES string of the molecule is Cc1ccc(SCCNC(=O)c2sc(C(C)C)nc2C)cc1. The molecule has 0 fully saturated rings. The summed E-state index contributed by atoms with van der Waals surface area (Å²) in [5, 5.41) is 4.01. The molecule has 0 radical (unpaired) electrons. The lowest BCUT2D eigenvalue weighted by atomic mass is 10.2. The normalized spacial score (nSPS) is 11.0. The van der Waals surface area contributed by atoms with Crippen LogP contribution in [0.15, 0.2) is 29.2 Å². The van der Waals surface area contributed by atoms with Gasteiger partial charge in [-0.25, -0.2) is 4.98 Å². The molecule has 0 aliphatic rings. The molecule has 1 heterocycles. The summed E-state index contributed by atoms with van der Waals surface area (Å²) in [5.74, 6) is 1.22. The van der Waals surface area contributed by atoms with E-state index in [0.29, 0.717) is 12.5 Å². The Morgan fingerprint density at radius 2 is 1.95 bits per heavy atom. The molecule has 2 rings (SSSR count). The number of nitrogens with one attached hydrogen (secondary N) is 1. The minimum atomic E-state index is -0.00796. The highest BCUT2D eigenvalue weighted by molar-refractivity contribution is 7.99. The first-order valence-electron chi connectivity index (χ1n) is 7.42. The summed E-state index contributed by atoms with van der Waals surface area (Å²) in [7, 11) is 0. The summed E-state index contributed by atoms with van der Waals surface area (Å²) in [4.78, 5) is 18.6. The number of thiazole rings is 1. The van der Waals surface area contributed by atoms with E-state index in [1.807, 2.05) is 6.92 Å². The summed E-state index contributed by atoms with van der Waals surface area (Å²) < 4.78 is 0. The van der Waals surface area contributed by atoms with Crippen LogP contribution in [0.5, 0.6) is 0 Å². The van der Waals surface area contributed by atoms with Crippen LogP contribution in [-0.4, -0.2) is 23.2 Å². The Morgan fingerprint density at radius 1 is 1.27 bits per heavy atom. The zero-order valence-corrected chi connectivity index (χ0v) is 15.1. The molecule has 0 aliphatic heterocycles. The summed E-state index contributed by atoms with van der Waals surface area (Å²) >= 11 is 3.26. The van der Waals surface area contributed by atoms with Crippen molar-refractivity contribution in [2.75, 3.05) is 12.3 Å². The number of aryl methyl sites for hydroxylation is 2. The Morgan fingerprint density at radius 3 is 2.55 bits per heavy atom. The van der Waals surface area contributed by atoms with E-state index in [0.717, 1.165) is 21.3 Å². The van der Waals surface area contributed by atoms with Crippen LogP contribution in [0.25, 0.3) is 0 Å². The first-order chi connectivity index (χ1) is 10.5. The van der Waals surface area contributed by atoms with Gasteiger partial charge in [-0.05, 0) is 26.0 Å². The molecule has 0 bridgehead atoms. The van der Waals surface area contributed by atoms with Crippen LogP contribution in [0.3, 0.4) is 0 Å².